The van der Waals surface area contributed by atoms with Gasteiger partial charge < -0.3 is 16.0 Å². The number of fused-ring (bicyclic) bond motifs is 1. The minimum absolute atomic E-state index is 0.0419. The highest BCUT2D eigenvalue weighted by Crippen LogP contribution is 2.31. The fourth-order valence-electron chi connectivity index (χ4n) is 4.07. The lowest BCUT2D eigenvalue weighted by atomic mass is 9.91. The van der Waals surface area contributed by atoms with Crippen LogP contribution in [0.1, 0.15) is 40.4 Å². The summed E-state index contributed by atoms with van der Waals surface area (Å²) in [5.74, 6) is -0.121. The van der Waals surface area contributed by atoms with Crippen LogP contribution in [0.25, 0.3) is 0 Å². The van der Waals surface area contributed by atoms with E-state index < -0.39 is 6.04 Å². The predicted octanol–water partition coefficient (Wildman–Crippen LogP) is 2.03. The quantitative estimate of drug-likeness (QED) is 0.871. The molecule has 1 saturated heterocycles. The van der Waals surface area contributed by atoms with E-state index in [4.69, 9.17) is 5.73 Å². The van der Waals surface area contributed by atoms with Gasteiger partial charge in [-0.15, -0.1) is 0 Å². The number of aryl methyl sites for hydroxylation is 1. The van der Waals surface area contributed by atoms with Gasteiger partial charge in [-0.05, 0) is 36.5 Å². The molecule has 4 rings (SSSR count). The van der Waals surface area contributed by atoms with Gasteiger partial charge in [0.2, 0.25) is 5.91 Å². The first-order valence-electron chi connectivity index (χ1n) is 9.08. The molecule has 26 heavy (non-hydrogen) atoms. The van der Waals surface area contributed by atoms with Crippen molar-refractivity contribution in [3.63, 3.8) is 0 Å². The van der Waals surface area contributed by atoms with Crippen LogP contribution in [0.5, 0.6) is 0 Å². The lowest BCUT2D eigenvalue weighted by Gasteiger charge is -2.29. The summed E-state index contributed by atoms with van der Waals surface area (Å²) in [5, 5.41) is 3.20. The number of carbonyl (C=O) groups is 2. The Bertz CT molecular complexity index is 836. The maximum absolute atomic E-state index is 12.8. The van der Waals surface area contributed by atoms with E-state index in [0.29, 0.717) is 13.1 Å². The van der Waals surface area contributed by atoms with Crippen molar-refractivity contribution in [2.24, 2.45) is 5.73 Å². The Morgan fingerprint density at radius 1 is 1.08 bits per heavy atom. The van der Waals surface area contributed by atoms with Gasteiger partial charge in [-0.3, -0.25) is 9.59 Å². The van der Waals surface area contributed by atoms with E-state index in [0.717, 1.165) is 36.0 Å². The standard InChI is InChI=1S/C21H23N3O2/c22-18(16-7-2-1-3-8-16)20(26)24-13-12-21(14-24)11-10-15-6-4-5-9-17(15)19(25)23-21/h1-9,18H,10-14,22H2,(H,23,25). The zero-order valence-corrected chi connectivity index (χ0v) is 14.7. The first-order valence-corrected chi connectivity index (χ1v) is 9.08. The molecular formula is C21H23N3O2. The third-order valence-corrected chi connectivity index (χ3v) is 5.60. The molecule has 2 aliphatic rings. The average Bonchev–Trinajstić information content (AvgIpc) is 3.04. The van der Waals surface area contributed by atoms with Crippen molar-refractivity contribution in [3.05, 3.63) is 71.3 Å². The first-order chi connectivity index (χ1) is 12.6. The van der Waals surface area contributed by atoms with Crippen molar-refractivity contribution >= 4 is 11.8 Å². The largest absolute Gasteiger partial charge is 0.345 e. The Balaban J connectivity index is 1.50. The Labute approximate surface area is 153 Å². The number of nitrogens with zero attached hydrogens (tertiary/aromatic N) is 1. The van der Waals surface area contributed by atoms with Crippen molar-refractivity contribution in [1.29, 1.82) is 0 Å². The summed E-state index contributed by atoms with van der Waals surface area (Å²) in [7, 11) is 0. The number of benzene rings is 2. The van der Waals surface area contributed by atoms with Crippen molar-refractivity contribution in [3.8, 4) is 0 Å². The second-order valence-corrected chi connectivity index (χ2v) is 7.29. The maximum atomic E-state index is 12.8. The van der Waals surface area contributed by atoms with Crippen molar-refractivity contribution in [2.45, 2.75) is 30.8 Å². The van der Waals surface area contributed by atoms with Crippen molar-refractivity contribution in [1.82, 2.24) is 10.2 Å². The monoisotopic (exact) mass is 349 g/mol. The lowest BCUT2D eigenvalue weighted by Crippen LogP contribution is -2.50. The summed E-state index contributed by atoms with van der Waals surface area (Å²) in [6.45, 7) is 1.14. The summed E-state index contributed by atoms with van der Waals surface area (Å²) in [6, 6.07) is 16.5. The van der Waals surface area contributed by atoms with E-state index in [-0.39, 0.29) is 17.4 Å². The Hall–Kier alpha value is -2.66. The van der Waals surface area contributed by atoms with Crippen LogP contribution >= 0.6 is 0 Å². The smallest absolute Gasteiger partial charge is 0.252 e. The molecule has 3 N–H and O–H groups in total. The van der Waals surface area contributed by atoms with Crippen LogP contribution < -0.4 is 11.1 Å². The lowest BCUT2D eigenvalue weighted by molar-refractivity contribution is -0.131. The first kappa shape index (κ1) is 16.8. The summed E-state index contributed by atoms with van der Waals surface area (Å²) < 4.78 is 0. The summed E-state index contributed by atoms with van der Waals surface area (Å²) in [6.07, 6.45) is 2.43. The van der Waals surface area contributed by atoms with Crippen LogP contribution in [0.2, 0.25) is 0 Å². The number of nitrogens with one attached hydrogen (secondary N) is 1. The van der Waals surface area contributed by atoms with Crippen LogP contribution in [0.3, 0.4) is 0 Å². The van der Waals surface area contributed by atoms with E-state index in [1.54, 1.807) is 4.90 Å². The molecule has 2 unspecified atom stereocenters. The molecule has 5 nitrogen and oxygen atoms in total. The van der Waals surface area contributed by atoms with E-state index in [2.05, 4.69) is 5.32 Å². The Morgan fingerprint density at radius 2 is 1.81 bits per heavy atom. The van der Waals surface area contributed by atoms with Gasteiger partial charge in [-0.25, -0.2) is 0 Å². The molecule has 0 aliphatic carbocycles. The van der Waals surface area contributed by atoms with Gasteiger partial charge in [0.25, 0.3) is 5.91 Å². The van der Waals surface area contributed by atoms with Crippen LogP contribution in [0, 0.1) is 0 Å². The molecule has 0 aromatic heterocycles. The molecule has 1 fully saturated rings. The molecule has 134 valence electrons. The zero-order chi connectivity index (χ0) is 18.1. The molecule has 2 atom stereocenters. The molecule has 2 heterocycles. The summed E-state index contributed by atoms with van der Waals surface area (Å²) >= 11 is 0. The molecule has 0 bridgehead atoms. The van der Waals surface area contributed by atoms with E-state index in [1.165, 1.54) is 0 Å². The highest BCUT2D eigenvalue weighted by Gasteiger charge is 2.43. The molecule has 5 heteroatoms. The molecule has 2 amide bonds. The molecule has 1 spiro atoms. The summed E-state index contributed by atoms with van der Waals surface area (Å²) in [4.78, 5) is 27.3. The van der Waals surface area contributed by atoms with E-state index in [9.17, 15) is 9.59 Å². The fraction of sp³-hybridized carbons (Fsp3) is 0.333. The van der Waals surface area contributed by atoms with Gasteiger partial charge in [0.05, 0.1) is 5.54 Å². The molecule has 2 aromatic carbocycles. The van der Waals surface area contributed by atoms with Gasteiger partial charge in [-0.1, -0.05) is 48.5 Å². The average molecular weight is 349 g/mol. The molecule has 0 radical (unpaired) electrons. The second kappa shape index (κ2) is 6.57. The van der Waals surface area contributed by atoms with Gasteiger partial charge >= 0.3 is 0 Å². The normalized spacial score (nSPS) is 23.3. The highest BCUT2D eigenvalue weighted by molar-refractivity contribution is 5.96. The third kappa shape index (κ3) is 2.99. The minimum atomic E-state index is -0.662. The SMILES string of the molecule is NC(C(=O)N1CCC2(CCc3ccccc3C(=O)N2)C1)c1ccccc1. The summed E-state index contributed by atoms with van der Waals surface area (Å²) in [5.41, 5.74) is 8.46. The van der Waals surface area contributed by atoms with Crippen molar-refractivity contribution < 1.29 is 9.59 Å². The molecule has 2 aromatic rings. The van der Waals surface area contributed by atoms with Crippen molar-refractivity contribution in [2.75, 3.05) is 13.1 Å². The number of likely N-dealkylation sites (tertiary alicyclic amines) is 1. The number of rotatable bonds is 2. The fourth-order valence-corrected chi connectivity index (χ4v) is 4.07. The topological polar surface area (TPSA) is 75.4 Å². The second-order valence-electron chi connectivity index (χ2n) is 7.29. The van der Waals surface area contributed by atoms with Gasteiger partial charge in [0.1, 0.15) is 6.04 Å². The number of nitrogens with two attached hydrogens (primary N) is 1. The molecular weight excluding hydrogens is 326 g/mol. The highest BCUT2D eigenvalue weighted by atomic mass is 16.2. The van der Waals surface area contributed by atoms with E-state index >= 15 is 0 Å². The Morgan fingerprint density at radius 3 is 2.62 bits per heavy atom. The number of hydrogen-bond acceptors (Lipinski definition) is 3. The number of hydrogen-bond donors (Lipinski definition) is 2. The zero-order valence-electron chi connectivity index (χ0n) is 14.7. The Kier molecular flexibility index (Phi) is 4.24. The van der Waals surface area contributed by atoms with Gasteiger partial charge in [-0.2, -0.15) is 0 Å². The van der Waals surface area contributed by atoms with Gasteiger partial charge in [0.15, 0.2) is 0 Å². The number of amides is 2. The van der Waals surface area contributed by atoms with Gasteiger partial charge in [0, 0.05) is 18.7 Å². The van der Waals surface area contributed by atoms with Crippen LogP contribution in [-0.4, -0.2) is 35.3 Å². The maximum Gasteiger partial charge on any atom is 0.252 e. The van der Waals surface area contributed by atoms with Crippen LogP contribution in [0.4, 0.5) is 0 Å². The minimum Gasteiger partial charge on any atom is -0.345 e. The molecule has 0 saturated carbocycles. The van der Waals surface area contributed by atoms with Crippen LogP contribution in [-0.2, 0) is 11.2 Å². The van der Waals surface area contributed by atoms with Crippen LogP contribution in [0.15, 0.2) is 54.6 Å². The number of carbonyl (C=O) groups excluding carboxylic acids is 2. The third-order valence-electron chi connectivity index (χ3n) is 5.60. The molecule has 2 aliphatic heterocycles. The predicted molar refractivity (Wildman–Crippen MR) is 99.5 cm³/mol. The van der Waals surface area contributed by atoms with E-state index in [1.807, 2.05) is 54.6 Å².